The van der Waals surface area contributed by atoms with Gasteiger partial charge in [0.15, 0.2) is 0 Å². The predicted octanol–water partition coefficient (Wildman–Crippen LogP) is 1.53. The fraction of sp³-hybridized carbons (Fsp3) is 0.250. The molecule has 0 aromatic heterocycles. The third-order valence-corrected chi connectivity index (χ3v) is 2.30. The van der Waals surface area contributed by atoms with Crippen LogP contribution in [-0.4, -0.2) is 12.2 Å². The number of aliphatic hydroxyl groups excluding tert-OH is 1. The van der Waals surface area contributed by atoms with E-state index in [1.807, 2.05) is 0 Å². The molecule has 12 heavy (non-hydrogen) atoms. The molecular weight excluding hydrogens is 222 g/mol. The van der Waals surface area contributed by atoms with E-state index in [0.29, 0.717) is 17.0 Å². The minimum atomic E-state index is -0.0730. The van der Waals surface area contributed by atoms with Crippen molar-refractivity contribution in [2.75, 3.05) is 12.8 Å². The van der Waals surface area contributed by atoms with Gasteiger partial charge in [0.05, 0.1) is 13.7 Å². The number of hydrogen-bond donors (Lipinski definition) is 2. The van der Waals surface area contributed by atoms with Gasteiger partial charge in [-0.25, -0.2) is 0 Å². The number of nitrogens with two attached hydrogens (primary N) is 1. The summed E-state index contributed by atoms with van der Waals surface area (Å²) in [6.45, 7) is -0.0730. The van der Waals surface area contributed by atoms with Gasteiger partial charge in [0.1, 0.15) is 5.75 Å². The molecule has 1 aromatic carbocycles. The van der Waals surface area contributed by atoms with Gasteiger partial charge in [0.2, 0.25) is 0 Å². The topological polar surface area (TPSA) is 55.5 Å². The molecule has 0 aliphatic carbocycles. The molecule has 0 atom stereocenters. The number of rotatable bonds is 2. The highest BCUT2D eigenvalue weighted by Crippen LogP contribution is 2.28. The summed E-state index contributed by atoms with van der Waals surface area (Å²) in [5.74, 6) is 0.677. The Kier molecular flexibility index (Phi) is 2.94. The number of hydrogen-bond acceptors (Lipinski definition) is 3. The molecule has 0 heterocycles. The zero-order valence-corrected chi connectivity index (χ0v) is 8.26. The zero-order chi connectivity index (χ0) is 9.14. The number of nitrogen functional groups attached to an aromatic ring is 1. The van der Waals surface area contributed by atoms with Crippen LogP contribution < -0.4 is 10.5 Å². The Balaban J connectivity index is 3.18. The Bertz CT molecular complexity index is 265. The van der Waals surface area contributed by atoms with E-state index < -0.39 is 0 Å². The molecule has 0 spiro atoms. The van der Waals surface area contributed by atoms with Crippen molar-refractivity contribution < 1.29 is 9.84 Å². The van der Waals surface area contributed by atoms with E-state index in [9.17, 15) is 0 Å². The van der Waals surface area contributed by atoms with E-state index in [0.717, 1.165) is 4.47 Å². The lowest BCUT2D eigenvalue weighted by Crippen LogP contribution is -1.96. The Labute approximate surface area is 79.3 Å². The third-order valence-electron chi connectivity index (χ3n) is 1.60. The molecule has 3 nitrogen and oxygen atoms in total. The van der Waals surface area contributed by atoms with E-state index >= 15 is 0 Å². The molecule has 0 fully saturated rings. The average Bonchev–Trinajstić information content (AvgIpc) is 2.03. The Hall–Kier alpha value is -0.740. The normalized spacial score (nSPS) is 9.92. The van der Waals surface area contributed by atoms with Crippen LogP contribution in [0.1, 0.15) is 5.56 Å². The molecule has 0 saturated heterocycles. The van der Waals surface area contributed by atoms with Crippen LogP contribution in [0.2, 0.25) is 0 Å². The molecular formula is C8H10BrNO2. The summed E-state index contributed by atoms with van der Waals surface area (Å²) in [4.78, 5) is 0. The summed E-state index contributed by atoms with van der Waals surface area (Å²) in [5, 5.41) is 8.91. The molecule has 0 unspecified atom stereocenters. The molecule has 0 aliphatic rings. The number of methoxy groups -OCH3 is 1. The average molecular weight is 232 g/mol. The maximum Gasteiger partial charge on any atom is 0.122 e. The van der Waals surface area contributed by atoms with Gasteiger partial charge < -0.3 is 15.6 Å². The summed E-state index contributed by atoms with van der Waals surface area (Å²) < 4.78 is 5.75. The van der Waals surface area contributed by atoms with Gasteiger partial charge >= 0.3 is 0 Å². The van der Waals surface area contributed by atoms with E-state index in [2.05, 4.69) is 15.9 Å². The molecule has 0 radical (unpaired) electrons. The molecule has 0 saturated carbocycles. The first-order valence-electron chi connectivity index (χ1n) is 3.41. The SMILES string of the molecule is COc1cc(N)c(CO)c(Br)c1. The van der Waals surface area contributed by atoms with Crippen molar-refractivity contribution in [1.82, 2.24) is 0 Å². The molecule has 1 rings (SSSR count). The summed E-state index contributed by atoms with van der Waals surface area (Å²) >= 11 is 3.28. The van der Waals surface area contributed by atoms with Crippen molar-refractivity contribution in [1.29, 1.82) is 0 Å². The van der Waals surface area contributed by atoms with E-state index in [-0.39, 0.29) is 6.61 Å². The van der Waals surface area contributed by atoms with Crippen LogP contribution in [0.3, 0.4) is 0 Å². The van der Waals surface area contributed by atoms with Crippen LogP contribution >= 0.6 is 15.9 Å². The van der Waals surface area contributed by atoms with E-state index in [4.69, 9.17) is 15.6 Å². The number of anilines is 1. The summed E-state index contributed by atoms with van der Waals surface area (Å²) in [5.41, 5.74) is 6.86. The number of aliphatic hydroxyl groups is 1. The first-order chi connectivity index (χ1) is 5.69. The van der Waals surface area contributed by atoms with Gasteiger partial charge in [-0.3, -0.25) is 0 Å². The van der Waals surface area contributed by atoms with Crippen LogP contribution in [-0.2, 0) is 6.61 Å². The number of ether oxygens (including phenoxy) is 1. The molecule has 1 aromatic rings. The maximum atomic E-state index is 8.91. The lowest BCUT2D eigenvalue weighted by Gasteiger charge is -2.07. The van der Waals surface area contributed by atoms with E-state index in [1.165, 1.54) is 0 Å². The summed E-state index contributed by atoms with van der Waals surface area (Å²) in [7, 11) is 1.57. The van der Waals surface area contributed by atoms with Crippen LogP contribution in [0.25, 0.3) is 0 Å². The standard InChI is InChI=1S/C8H10BrNO2/c1-12-5-2-7(9)6(4-11)8(10)3-5/h2-3,11H,4,10H2,1H3. The summed E-state index contributed by atoms with van der Waals surface area (Å²) in [6.07, 6.45) is 0. The molecule has 4 heteroatoms. The van der Waals surface area contributed by atoms with Crippen molar-refractivity contribution in [3.63, 3.8) is 0 Å². The molecule has 66 valence electrons. The first-order valence-corrected chi connectivity index (χ1v) is 4.21. The van der Waals surface area contributed by atoms with Crippen molar-refractivity contribution >= 4 is 21.6 Å². The molecule has 0 bridgehead atoms. The van der Waals surface area contributed by atoms with Crippen LogP contribution in [0.15, 0.2) is 16.6 Å². The zero-order valence-electron chi connectivity index (χ0n) is 6.67. The minimum Gasteiger partial charge on any atom is -0.497 e. The van der Waals surface area contributed by atoms with Gasteiger partial charge in [-0.15, -0.1) is 0 Å². The molecule has 0 aliphatic heterocycles. The molecule has 3 N–H and O–H groups in total. The van der Waals surface area contributed by atoms with Gasteiger partial charge in [0.25, 0.3) is 0 Å². The highest BCUT2D eigenvalue weighted by Gasteiger charge is 2.05. The number of halogens is 1. The Morgan fingerprint density at radius 1 is 1.58 bits per heavy atom. The summed E-state index contributed by atoms with van der Waals surface area (Å²) in [6, 6.07) is 3.44. The monoisotopic (exact) mass is 231 g/mol. The Morgan fingerprint density at radius 3 is 2.67 bits per heavy atom. The lowest BCUT2D eigenvalue weighted by molar-refractivity contribution is 0.281. The highest BCUT2D eigenvalue weighted by atomic mass is 79.9. The van der Waals surface area contributed by atoms with Gasteiger partial charge in [0, 0.05) is 21.8 Å². The Morgan fingerprint density at radius 2 is 2.25 bits per heavy atom. The fourth-order valence-electron chi connectivity index (χ4n) is 0.917. The fourth-order valence-corrected chi connectivity index (χ4v) is 1.50. The third kappa shape index (κ3) is 1.70. The van der Waals surface area contributed by atoms with Crippen LogP contribution in [0, 0.1) is 0 Å². The van der Waals surface area contributed by atoms with Crippen LogP contribution in [0.5, 0.6) is 5.75 Å². The van der Waals surface area contributed by atoms with Gasteiger partial charge in [-0.05, 0) is 6.07 Å². The largest absolute Gasteiger partial charge is 0.497 e. The highest BCUT2D eigenvalue weighted by molar-refractivity contribution is 9.10. The van der Waals surface area contributed by atoms with Gasteiger partial charge in [-0.2, -0.15) is 0 Å². The second kappa shape index (κ2) is 3.78. The predicted molar refractivity (Wildman–Crippen MR) is 51.0 cm³/mol. The smallest absolute Gasteiger partial charge is 0.122 e. The van der Waals surface area contributed by atoms with Crippen molar-refractivity contribution in [2.45, 2.75) is 6.61 Å². The van der Waals surface area contributed by atoms with Crippen LogP contribution in [0.4, 0.5) is 5.69 Å². The van der Waals surface area contributed by atoms with Crippen molar-refractivity contribution in [2.24, 2.45) is 0 Å². The van der Waals surface area contributed by atoms with Gasteiger partial charge in [-0.1, -0.05) is 15.9 Å². The second-order valence-corrected chi connectivity index (χ2v) is 3.19. The minimum absolute atomic E-state index is 0.0730. The second-order valence-electron chi connectivity index (χ2n) is 2.34. The molecule has 0 amide bonds. The maximum absolute atomic E-state index is 8.91. The quantitative estimate of drug-likeness (QED) is 0.760. The first kappa shape index (κ1) is 9.35. The lowest BCUT2D eigenvalue weighted by atomic mass is 10.2. The number of benzene rings is 1. The van der Waals surface area contributed by atoms with Crippen molar-refractivity contribution in [3.05, 3.63) is 22.2 Å². The van der Waals surface area contributed by atoms with E-state index in [1.54, 1.807) is 19.2 Å². The van der Waals surface area contributed by atoms with Crippen molar-refractivity contribution in [3.8, 4) is 5.75 Å².